The summed E-state index contributed by atoms with van der Waals surface area (Å²) in [6, 6.07) is 10.2. The molecule has 3 heterocycles. The monoisotopic (exact) mass is 407 g/mol. The predicted molar refractivity (Wildman–Crippen MR) is 107 cm³/mol. The fourth-order valence-corrected chi connectivity index (χ4v) is 4.43. The van der Waals surface area contributed by atoms with Crippen molar-refractivity contribution in [1.82, 2.24) is 9.88 Å². The first-order valence-electron chi connectivity index (χ1n) is 9.45. The van der Waals surface area contributed by atoms with E-state index in [1.54, 1.807) is 17.0 Å². The number of aromatic amines is 1. The third-order valence-electron chi connectivity index (χ3n) is 5.07. The summed E-state index contributed by atoms with van der Waals surface area (Å²) in [5, 5.41) is 15.1. The summed E-state index contributed by atoms with van der Waals surface area (Å²) in [5.41, 5.74) is 1.51. The minimum Gasteiger partial charge on any atom is -0.872 e. The summed E-state index contributed by atoms with van der Waals surface area (Å²) in [7, 11) is 0. The number of imidazole rings is 1. The van der Waals surface area contributed by atoms with Crippen LogP contribution in [0, 0.1) is 6.92 Å². The maximum atomic E-state index is 13.2. The molecule has 0 bridgehead atoms. The normalized spacial score (nSPS) is 18.5. The van der Waals surface area contributed by atoms with Crippen molar-refractivity contribution in [3.8, 4) is 0 Å². The van der Waals surface area contributed by atoms with Crippen LogP contribution in [0.5, 0.6) is 0 Å². The number of ketones is 1. The lowest BCUT2D eigenvalue weighted by molar-refractivity contribution is -0.695. The van der Waals surface area contributed by atoms with Gasteiger partial charge in [0.25, 0.3) is 5.91 Å². The van der Waals surface area contributed by atoms with Crippen molar-refractivity contribution in [2.24, 2.45) is 0 Å². The summed E-state index contributed by atoms with van der Waals surface area (Å²) < 4.78 is 1.98. The minimum atomic E-state index is -0.691. The van der Waals surface area contributed by atoms with Gasteiger partial charge in [0.05, 0.1) is 12.6 Å². The van der Waals surface area contributed by atoms with Gasteiger partial charge in [0, 0.05) is 23.4 Å². The molecule has 0 aliphatic carbocycles. The van der Waals surface area contributed by atoms with Crippen LogP contribution in [-0.2, 0) is 16.1 Å². The molecule has 1 aromatic carbocycles. The van der Waals surface area contributed by atoms with E-state index in [-0.39, 0.29) is 11.3 Å². The van der Waals surface area contributed by atoms with Crippen molar-refractivity contribution in [2.75, 3.05) is 6.54 Å². The van der Waals surface area contributed by atoms with Gasteiger partial charge in [0.2, 0.25) is 12.1 Å². The van der Waals surface area contributed by atoms with Crippen LogP contribution in [0.15, 0.2) is 66.1 Å². The molecule has 29 heavy (non-hydrogen) atoms. The van der Waals surface area contributed by atoms with E-state index in [0.29, 0.717) is 25.1 Å². The standard InChI is InChI=1S/C22H21N3O3S/c1-15-5-7-16(8-6-15)20(26)18-19(17-4-2-13-29-17)25(22(28)21(18)27)11-3-10-24-12-9-23-14-24/h2,4-9,12-14,19H,3,10-11H2,1H3,(H,26,27). The Bertz CT molecular complexity index is 1040. The molecule has 1 fully saturated rings. The highest BCUT2D eigenvalue weighted by atomic mass is 32.1. The van der Waals surface area contributed by atoms with Crippen molar-refractivity contribution >= 4 is 28.8 Å². The third-order valence-corrected chi connectivity index (χ3v) is 6.00. The molecule has 1 amide bonds. The van der Waals surface area contributed by atoms with Crippen LogP contribution < -0.4 is 9.67 Å². The fraction of sp³-hybridized carbons (Fsp3) is 0.227. The fourth-order valence-electron chi connectivity index (χ4n) is 3.59. The number of likely N-dealkylation sites (tertiary alicyclic amines) is 1. The Hall–Kier alpha value is -3.19. The van der Waals surface area contributed by atoms with E-state index in [9.17, 15) is 14.7 Å². The Kier molecular flexibility index (Phi) is 5.31. The Balaban J connectivity index is 1.68. The van der Waals surface area contributed by atoms with E-state index >= 15 is 0 Å². The van der Waals surface area contributed by atoms with Crippen LogP contribution >= 0.6 is 11.3 Å². The lowest BCUT2D eigenvalue weighted by Gasteiger charge is -2.26. The van der Waals surface area contributed by atoms with E-state index < -0.39 is 17.7 Å². The molecule has 148 valence electrons. The number of nitrogens with one attached hydrogen (secondary N) is 1. The number of carbonyl (C=O) groups excluding carboxylic acids is 2. The Morgan fingerprint density at radius 2 is 2.03 bits per heavy atom. The summed E-state index contributed by atoms with van der Waals surface area (Å²) in [5.74, 6) is -1.66. The molecule has 0 saturated carbocycles. The van der Waals surface area contributed by atoms with Crippen LogP contribution in [0.4, 0.5) is 0 Å². The van der Waals surface area contributed by atoms with Crippen molar-refractivity contribution in [1.29, 1.82) is 0 Å². The third kappa shape index (κ3) is 3.73. The summed E-state index contributed by atoms with van der Waals surface area (Å²) >= 11 is 1.45. The number of carbonyl (C=O) groups is 2. The number of benzene rings is 1. The molecular formula is C22H21N3O3S. The molecule has 0 spiro atoms. The molecule has 4 rings (SSSR count). The molecule has 1 saturated heterocycles. The van der Waals surface area contributed by atoms with Crippen molar-refractivity contribution in [3.63, 3.8) is 0 Å². The van der Waals surface area contributed by atoms with Gasteiger partial charge in [-0.3, -0.25) is 14.6 Å². The largest absolute Gasteiger partial charge is 0.872 e. The quantitative estimate of drug-likeness (QED) is 0.294. The Morgan fingerprint density at radius 3 is 2.69 bits per heavy atom. The molecule has 0 radical (unpaired) electrons. The predicted octanol–water partition coefficient (Wildman–Crippen LogP) is 1.99. The number of amides is 1. The van der Waals surface area contributed by atoms with E-state index in [4.69, 9.17) is 0 Å². The molecule has 3 aromatic rings. The lowest BCUT2D eigenvalue weighted by Crippen LogP contribution is -2.35. The minimum absolute atomic E-state index is 0.0515. The average molecular weight is 407 g/mol. The maximum Gasteiger partial charge on any atom is 0.295 e. The van der Waals surface area contributed by atoms with Gasteiger partial charge in [0.15, 0.2) is 0 Å². The number of Topliss-reactive ketones (excluding diaryl/α,β-unsaturated/α-hetero) is 1. The van der Waals surface area contributed by atoms with Gasteiger partial charge in [-0.25, -0.2) is 4.57 Å². The first kappa shape index (κ1) is 19.1. The van der Waals surface area contributed by atoms with E-state index in [1.807, 2.05) is 59.9 Å². The van der Waals surface area contributed by atoms with Crippen LogP contribution in [0.1, 0.15) is 28.5 Å². The molecule has 1 aliphatic heterocycles. The molecule has 2 aromatic heterocycles. The van der Waals surface area contributed by atoms with Crippen LogP contribution in [-0.4, -0.2) is 28.1 Å². The lowest BCUT2D eigenvalue weighted by atomic mass is 9.99. The number of aryl methyl sites for hydroxylation is 2. The zero-order valence-corrected chi connectivity index (χ0v) is 16.8. The zero-order chi connectivity index (χ0) is 20.4. The topological polar surface area (TPSA) is 80.1 Å². The first-order valence-corrected chi connectivity index (χ1v) is 10.3. The molecule has 1 N–H and O–H groups in total. The number of nitrogens with zero attached hydrogens (tertiary/aromatic N) is 2. The number of aromatic nitrogens is 2. The number of rotatable bonds is 6. The number of hydrogen-bond acceptors (Lipinski definition) is 4. The van der Waals surface area contributed by atoms with E-state index in [1.165, 1.54) is 11.3 Å². The van der Waals surface area contributed by atoms with Crippen LogP contribution in [0.2, 0.25) is 0 Å². The smallest absolute Gasteiger partial charge is 0.295 e. The Morgan fingerprint density at radius 1 is 1.24 bits per heavy atom. The second-order valence-corrected chi connectivity index (χ2v) is 8.04. The second kappa shape index (κ2) is 8.05. The number of thiophene rings is 1. The molecule has 1 unspecified atom stereocenters. The van der Waals surface area contributed by atoms with E-state index in [0.717, 1.165) is 10.4 Å². The first-order chi connectivity index (χ1) is 14.1. The number of H-pyrrole nitrogens is 1. The molecule has 6 nitrogen and oxygen atoms in total. The van der Waals surface area contributed by atoms with Crippen molar-refractivity contribution < 1.29 is 19.3 Å². The SMILES string of the molecule is Cc1ccc(/C([O-])=C2\C(=O)C(=O)N(CCC[n+]3cc[nH]c3)C2c2cccs2)cc1. The molecule has 7 heteroatoms. The van der Waals surface area contributed by atoms with Gasteiger partial charge in [-0.2, -0.15) is 0 Å². The van der Waals surface area contributed by atoms with Crippen molar-refractivity contribution in [3.05, 3.63) is 82.1 Å². The molecular weight excluding hydrogens is 386 g/mol. The zero-order valence-electron chi connectivity index (χ0n) is 16.0. The van der Waals surface area contributed by atoms with Crippen molar-refractivity contribution in [2.45, 2.75) is 25.9 Å². The molecule has 1 atom stereocenters. The summed E-state index contributed by atoms with van der Waals surface area (Å²) in [4.78, 5) is 31.0. The maximum absolute atomic E-state index is 13.2. The van der Waals surface area contributed by atoms with Crippen LogP contribution in [0.3, 0.4) is 0 Å². The summed E-state index contributed by atoms with van der Waals surface area (Å²) in [6.45, 7) is 3.04. The van der Waals surface area contributed by atoms with Gasteiger partial charge < -0.3 is 10.0 Å². The average Bonchev–Trinajstić information content (AvgIpc) is 3.46. The van der Waals surface area contributed by atoms with Gasteiger partial charge in [-0.15, -0.1) is 11.3 Å². The van der Waals surface area contributed by atoms with Gasteiger partial charge in [-0.05, 0) is 23.9 Å². The van der Waals surface area contributed by atoms with Gasteiger partial charge in [-0.1, -0.05) is 41.7 Å². The second-order valence-electron chi connectivity index (χ2n) is 7.06. The highest BCUT2D eigenvalue weighted by Gasteiger charge is 2.44. The number of hydrogen-bond donors (Lipinski definition) is 1. The highest BCUT2D eigenvalue weighted by Crippen LogP contribution is 2.40. The molecule has 1 aliphatic rings. The van der Waals surface area contributed by atoms with Crippen LogP contribution in [0.25, 0.3) is 5.76 Å². The highest BCUT2D eigenvalue weighted by molar-refractivity contribution is 7.10. The summed E-state index contributed by atoms with van der Waals surface area (Å²) in [6.07, 6.45) is 6.25. The Labute approximate surface area is 172 Å². The van der Waals surface area contributed by atoms with Gasteiger partial charge >= 0.3 is 0 Å². The van der Waals surface area contributed by atoms with E-state index in [2.05, 4.69) is 4.98 Å². The van der Waals surface area contributed by atoms with Gasteiger partial charge in [0.1, 0.15) is 12.4 Å².